The maximum Gasteiger partial charge on any atom is 0.253 e. The number of rotatable bonds is 4. The molecule has 0 N–H and O–H groups in total. The Morgan fingerprint density at radius 1 is 0.710 bits per heavy atom. The van der Waals surface area contributed by atoms with E-state index in [1.54, 1.807) is 11.3 Å². The molecule has 0 saturated carbocycles. The van der Waals surface area contributed by atoms with Crippen molar-refractivity contribution < 1.29 is 4.79 Å². The van der Waals surface area contributed by atoms with Crippen molar-refractivity contribution in [3.63, 3.8) is 0 Å². The Morgan fingerprint density at radius 3 is 1.94 bits per heavy atom. The normalized spacial score (nSPS) is 13.9. The van der Waals surface area contributed by atoms with Crippen LogP contribution in [-0.4, -0.2) is 42.0 Å². The van der Waals surface area contributed by atoms with Crippen LogP contribution >= 0.6 is 11.3 Å². The molecule has 0 aliphatic carbocycles. The van der Waals surface area contributed by atoms with Crippen LogP contribution < -0.4 is 4.90 Å². The Morgan fingerprint density at radius 2 is 1.29 bits per heavy atom. The van der Waals surface area contributed by atoms with Crippen molar-refractivity contribution in [3.05, 3.63) is 95.9 Å². The van der Waals surface area contributed by atoms with Crippen molar-refractivity contribution in [2.24, 2.45) is 0 Å². The zero-order chi connectivity index (χ0) is 21.0. The van der Waals surface area contributed by atoms with E-state index in [9.17, 15) is 4.79 Å². The first-order chi connectivity index (χ1) is 15.3. The van der Waals surface area contributed by atoms with Crippen LogP contribution in [0.2, 0.25) is 0 Å². The van der Waals surface area contributed by atoms with Gasteiger partial charge in [0, 0.05) is 42.7 Å². The Balaban J connectivity index is 1.22. The highest BCUT2D eigenvalue weighted by atomic mass is 32.1. The van der Waals surface area contributed by atoms with Gasteiger partial charge in [-0.25, -0.2) is 4.98 Å². The summed E-state index contributed by atoms with van der Waals surface area (Å²) >= 11 is 1.67. The minimum Gasteiger partial charge on any atom is -0.345 e. The molecule has 1 saturated heterocycles. The van der Waals surface area contributed by atoms with Gasteiger partial charge in [-0.2, -0.15) is 0 Å². The van der Waals surface area contributed by atoms with E-state index in [1.807, 2.05) is 65.6 Å². The molecule has 1 aliphatic heterocycles. The van der Waals surface area contributed by atoms with Crippen LogP contribution in [0.25, 0.3) is 22.4 Å². The van der Waals surface area contributed by atoms with E-state index < -0.39 is 0 Å². The Bertz CT molecular complexity index is 1150. The summed E-state index contributed by atoms with van der Waals surface area (Å²) in [6, 6.07) is 28.4. The second-order valence-corrected chi connectivity index (χ2v) is 8.44. The predicted molar refractivity (Wildman–Crippen MR) is 128 cm³/mol. The van der Waals surface area contributed by atoms with E-state index >= 15 is 0 Å². The number of carbonyl (C=O) groups excluding carboxylic acids is 1. The molecule has 1 aromatic heterocycles. The number of hydrogen-bond acceptors (Lipinski definition) is 4. The van der Waals surface area contributed by atoms with Crippen LogP contribution in [0.5, 0.6) is 0 Å². The van der Waals surface area contributed by atoms with Gasteiger partial charge in [0.05, 0.1) is 5.69 Å². The zero-order valence-corrected chi connectivity index (χ0v) is 18.0. The fourth-order valence-electron chi connectivity index (χ4n) is 3.87. The molecule has 0 radical (unpaired) electrons. The fourth-order valence-corrected chi connectivity index (χ4v) is 4.76. The van der Waals surface area contributed by atoms with Gasteiger partial charge in [0.1, 0.15) is 0 Å². The third-order valence-electron chi connectivity index (χ3n) is 5.64. The van der Waals surface area contributed by atoms with Crippen LogP contribution in [0.4, 0.5) is 5.13 Å². The number of piperazine rings is 1. The van der Waals surface area contributed by atoms with E-state index in [1.165, 1.54) is 0 Å². The number of aromatic nitrogens is 1. The molecule has 0 bridgehead atoms. The molecule has 3 aromatic carbocycles. The summed E-state index contributed by atoms with van der Waals surface area (Å²) in [5, 5.41) is 3.13. The first-order valence-corrected chi connectivity index (χ1v) is 11.4. The number of hydrogen-bond donors (Lipinski definition) is 0. The van der Waals surface area contributed by atoms with Crippen molar-refractivity contribution >= 4 is 22.4 Å². The van der Waals surface area contributed by atoms with E-state index in [2.05, 4.69) is 34.5 Å². The Labute approximate surface area is 186 Å². The van der Waals surface area contributed by atoms with Crippen LogP contribution in [0.1, 0.15) is 10.4 Å². The second kappa shape index (κ2) is 8.74. The lowest BCUT2D eigenvalue weighted by molar-refractivity contribution is 0.0747. The molecule has 154 valence electrons. The second-order valence-electron chi connectivity index (χ2n) is 7.60. The molecule has 0 unspecified atom stereocenters. The summed E-state index contributed by atoms with van der Waals surface area (Å²) < 4.78 is 0. The molecule has 4 nitrogen and oxygen atoms in total. The minimum atomic E-state index is 0.100. The van der Waals surface area contributed by atoms with Crippen molar-refractivity contribution in [2.75, 3.05) is 31.1 Å². The van der Waals surface area contributed by atoms with Crippen LogP contribution in [0.15, 0.2) is 90.3 Å². The van der Waals surface area contributed by atoms with Gasteiger partial charge in [0.25, 0.3) is 5.91 Å². The molecule has 31 heavy (non-hydrogen) atoms. The van der Waals surface area contributed by atoms with Gasteiger partial charge in [0.15, 0.2) is 5.13 Å². The smallest absolute Gasteiger partial charge is 0.253 e. The van der Waals surface area contributed by atoms with Gasteiger partial charge >= 0.3 is 0 Å². The molecule has 5 heteroatoms. The predicted octanol–water partition coefficient (Wildman–Crippen LogP) is 5.44. The van der Waals surface area contributed by atoms with Gasteiger partial charge in [-0.3, -0.25) is 4.79 Å². The molecular formula is C26H23N3OS. The highest BCUT2D eigenvalue weighted by Gasteiger charge is 2.24. The van der Waals surface area contributed by atoms with E-state index in [-0.39, 0.29) is 5.91 Å². The monoisotopic (exact) mass is 425 g/mol. The summed E-state index contributed by atoms with van der Waals surface area (Å²) in [5.41, 5.74) is 5.18. The van der Waals surface area contributed by atoms with Crippen molar-refractivity contribution in [1.82, 2.24) is 9.88 Å². The molecule has 4 aromatic rings. The van der Waals surface area contributed by atoms with Gasteiger partial charge in [-0.1, -0.05) is 72.8 Å². The zero-order valence-electron chi connectivity index (χ0n) is 17.1. The first-order valence-electron chi connectivity index (χ1n) is 10.5. The highest BCUT2D eigenvalue weighted by Crippen LogP contribution is 2.28. The summed E-state index contributed by atoms with van der Waals surface area (Å²) in [7, 11) is 0. The lowest BCUT2D eigenvalue weighted by Crippen LogP contribution is -2.48. The molecule has 1 fully saturated rings. The summed E-state index contributed by atoms with van der Waals surface area (Å²) in [6.45, 7) is 3.02. The Hall–Kier alpha value is -3.44. The fraction of sp³-hybridized carbons (Fsp3) is 0.154. The van der Waals surface area contributed by atoms with Crippen molar-refractivity contribution in [2.45, 2.75) is 0 Å². The number of amides is 1. The minimum absolute atomic E-state index is 0.100. The molecule has 2 heterocycles. The third kappa shape index (κ3) is 4.23. The van der Waals surface area contributed by atoms with Crippen LogP contribution in [-0.2, 0) is 0 Å². The molecule has 5 rings (SSSR count). The molecule has 0 spiro atoms. The molecule has 1 amide bonds. The first kappa shape index (κ1) is 19.5. The van der Waals surface area contributed by atoms with Gasteiger partial charge in [-0.15, -0.1) is 11.3 Å². The quantitative estimate of drug-likeness (QED) is 0.437. The Kier molecular flexibility index (Phi) is 5.50. The van der Waals surface area contributed by atoms with E-state index in [4.69, 9.17) is 4.98 Å². The van der Waals surface area contributed by atoms with Crippen molar-refractivity contribution in [1.29, 1.82) is 0 Å². The number of carbonyl (C=O) groups is 1. The molecule has 1 aliphatic rings. The molecular weight excluding hydrogens is 402 g/mol. The average molecular weight is 426 g/mol. The summed E-state index contributed by atoms with van der Waals surface area (Å²) in [5.74, 6) is 0.100. The van der Waals surface area contributed by atoms with Gasteiger partial charge in [0.2, 0.25) is 0 Å². The maximum absolute atomic E-state index is 13.0. The topological polar surface area (TPSA) is 36.4 Å². The van der Waals surface area contributed by atoms with Gasteiger partial charge in [-0.05, 0) is 23.3 Å². The van der Waals surface area contributed by atoms with Crippen molar-refractivity contribution in [3.8, 4) is 22.4 Å². The van der Waals surface area contributed by atoms with E-state index in [0.717, 1.165) is 46.2 Å². The largest absolute Gasteiger partial charge is 0.345 e. The lowest BCUT2D eigenvalue weighted by Gasteiger charge is -2.34. The number of anilines is 1. The van der Waals surface area contributed by atoms with Crippen LogP contribution in [0, 0.1) is 0 Å². The maximum atomic E-state index is 13.0. The number of benzene rings is 3. The molecule has 0 atom stereocenters. The van der Waals surface area contributed by atoms with Crippen LogP contribution in [0.3, 0.4) is 0 Å². The van der Waals surface area contributed by atoms with Gasteiger partial charge < -0.3 is 9.80 Å². The standard InChI is InChI=1S/C26H23N3OS/c30-25(23-13-11-21(12-14-23)20-7-3-1-4-8-20)28-15-17-29(18-16-28)26-27-24(19-31-26)22-9-5-2-6-10-22/h1-14,19H,15-18H2. The summed E-state index contributed by atoms with van der Waals surface area (Å²) in [4.78, 5) is 22.0. The number of thiazole rings is 1. The highest BCUT2D eigenvalue weighted by molar-refractivity contribution is 7.14. The third-order valence-corrected chi connectivity index (χ3v) is 6.54. The SMILES string of the molecule is O=C(c1ccc(-c2ccccc2)cc1)N1CCN(c2nc(-c3ccccc3)cs2)CC1. The lowest BCUT2D eigenvalue weighted by atomic mass is 10.0. The average Bonchev–Trinajstić information content (AvgIpc) is 3.35. The summed E-state index contributed by atoms with van der Waals surface area (Å²) in [6.07, 6.45) is 0. The van der Waals surface area contributed by atoms with E-state index in [0.29, 0.717) is 13.1 Å². The number of nitrogens with zero attached hydrogens (tertiary/aromatic N) is 3.